The van der Waals surface area contributed by atoms with Gasteiger partial charge in [-0.1, -0.05) is 16.9 Å². The molecule has 0 saturated carbocycles. The first-order valence-corrected chi connectivity index (χ1v) is 13.8. The van der Waals surface area contributed by atoms with E-state index in [9.17, 15) is 29.1 Å². The van der Waals surface area contributed by atoms with Gasteiger partial charge in [-0.2, -0.15) is 5.21 Å². The van der Waals surface area contributed by atoms with Gasteiger partial charge in [-0.25, -0.2) is 14.6 Å². The van der Waals surface area contributed by atoms with E-state index < -0.39 is 41.8 Å². The number of aromatic amines is 1. The Labute approximate surface area is 231 Å². The molecule has 1 saturated heterocycles. The summed E-state index contributed by atoms with van der Waals surface area (Å²) >= 11 is 3.44. The van der Waals surface area contributed by atoms with Crippen molar-refractivity contribution >= 4 is 75.9 Å². The summed E-state index contributed by atoms with van der Waals surface area (Å²) in [6.07, 6.45) is 0.404. The molecule has 1 fully saturated rings. The lowest BCUT2D eigenvalue weighted by molar-refractivity contribution is -0.150. The third kappa shape index (κ3) is 6.34. The number of esters is 1. The summed E-state index contributed by atoms with van der Waals surface area (Å²) in [5.74, 6) is -2.99. The third-order valence-corrected chi connectivity index (χ3v) is 8.06. The van der Waals surface area contributed by atoms with Crippen molar-refractivity contribution in [2.45, 2.75) is 23.5 Å². The molecule has 2 aromatic heterocycles. The molecule has 0 bridgehead atoms. The number of β-lactam (4-membered cyclic amide) rings is 1. The summed E-state index contributed by atoms with van der Waals surface area (Å²) in [7, 11) is 0. The van der Waals surface area contributed by atoms with Gasteiger partial charge in [-0.3, -0.25) is 19.3 Å². The molecule has 0 aliphatic carbocycles. The van der Waals surface area contributed by atoms with Gasteiger partial charge in [-0.05, 0) is 17.7 Å². The molecular weight excluding hydrogens is 578 g/mol. The topological polar surface area (TPSA) is 231 Å². The van der Waals surface area contributed by atoms with Crippen LogP contribution < -0.4 is 10.6 Å². The van der Waals surface area contributed by atoms with E-state index in [4.69, 9.17) is 9.57 Å². The molecule has 0 aromatic carbocycles. The summed E-state index contributed by atoms with van der Waals surface area (Å²) in [5, 5.41) is 33.0. The number of oxime groups is 1. The van der Waals surface area contributed by atoms with Crippen molar-refractivity contribution in [3.05, 3.63) is 22.3 Å². The van der Waals surface area contributed by atoms with E-state index in [-0.39, 0.29) is 40.3 Å². The number of ether oxygens (including phenoxy) is 1. The van der Waals surface area contributed by atoms with Crippen LogP contribution in [0.3, 0.4) is 0 Å². The van der Waals surface area contributed by atoms with Gasteiger partial charge in [0.25, 0.3) is 11.8 Å². The van der Waals surface area contributed by atoms with Crippen LogP contribution in [-0.4, -0.2) is 108 Å². The average Bonchev–Trinajstić information content (AvgIpc) is 3.60. The normalized spacial score (nSPS) is 18.6. The largest absolute Gasteiger partial charge is 0.477 e. The number of carbonyl (C=O) groups is 5. The number of nitrogens with zero attached hydrogens (tertiary/aromatic N) is 6. The van der Waals surface area contributed by atoms with E-state index in [1.54, 1.807) is 6.92 Å². The number of tetrazole rings is 1. The molecular formula is C19H19N9O8S3. The van der Waals surface area contributed by atoms with E-state index in [2.05, 4.69) is 41.4 Å². The first kappa shape index (κ1) is 28.0. The second kappa shape index (κ2) is 12.7. The number of thiazole rings is 1. The number of carboxylic acids is 1. The lowest BCUT2D eigenvalue weighted by Crippen LogP contribution is -2.71. The predicted molar refractivity (Wildman–Crippen MR) is 136 cm³/mol. The van der Waals surface area contributed by atoms with Crippen LogP contribution in [0.1, 0.15) is 12.6 Å². The van der Waals surface area contributed by atoms with Crippen molar-refractivity contribution in [3.8, 4) is 0 Å². The molecule has 17 nitrogen and oxygen atoms in total. The number of rotatable bonds is 13. The molecule has 2 aliphatic rings. The molecule has 20 heteroatoms. The lowest BCUT2D eigenvalue weighted by Gasteiger charge is -2.49. The summed E-state index contributed by atoms with van der Waals surface area (Å²) in [6, 6.07) is -1.07. The number of nitrogens with one attached hydrogen (secondary N) is 3. The molecule has 4 heterocycles. The number of anilines is 1. The fourth-order valence-corrected chi connectivity index (χ4v) is 6.30. The molecule has 39 heavy (non-hydrogen) atoms. The van der Waals surface area contributed by atoms with E-state index in [0.717, 1.165) is 28.0 Å². The van der Waals surface area contributed by atoms with Gasteiger partial charge < -0.3 is 25.3 Å². The van der Waals surface area contributed by atoms with Crippen LogP contribution in [0.4, 0.5) is 5.13 Å². The van der Waals surface area contributed by atoms with Crippen molar-refractivity contribution < 1.29 is 38.7 Å². The quantitative estimate of drug-likeness (QED) is 0.0544. The van der Waals surface area contributed by atoms with Gasteiger partial charge in [0.15, 0.2) is 10.8 Å². The summed E-state index contributed by atoms with van der Waals surface area (Å²) in [4.78, 5) is 70.7. The van der Waals surface area contributed by atoms with Crippen molar-refractivity contribution in [3.63, 3.8) is 0 Å². The van der Waals surface area contributed by atoms with E-state index >= 15 is 0 Å². The van der Waals surface area contributed by atoms with Gasteiger partial charge in [-0.15, -0.1) is 33.3 Å². The molecule has 0 radical (unpaired) electrons. The van der Waals surface area contributed by atoms with E-state index in [1.165, 1.54) is 17.1 Å². The smallest absolute Gasteiger partial charge is 0.352 e. The maximum Gasteiger partial charge on any atom is 0.352 e. The Kier molecular flexibility index (Phi) is 9.09. The number of hydrogen-bond donors (Lipinski definition) is 4. The highest BCUT2D eigenvalue weighted by atomic mass is 32.2. The standard InChI is InChI=1S/C19H19N9O8S3/c1-2-35-10(30)3-36-25-11(9-6-39-18(21-9)20-7-29)14(31)22-12-15(32)28-13(17(33)34)8(4-37-16(12)28)5-38-19-23-26-27-24-19/h6-7,12,16H,2-5H2,1H3,(H,22,31)(H,33,34)(H,20,21,29)(H,23,24,26,27)/b25-11-/t12?,16-/m1/s1. The summed E-state index contributed by atoms with van der Waals surface area (Å²) in [5.41, 5.74) is -0.0322. The molecule has 206 valence electrons. The number of carbonyl (C=O) groups excluding carboxylic acids is 4. The monoisotopic (exact) mass is 597 g/mol. The lowest BCUT2D eigenvalue weighted by atomic mass is 10.0. The van der Waals surface area contributed by atoms with Crippen LogP contribution >= 0.6 is 34.9 Å². The first-order chi connectivity index (χ1) is 18.8. The molecule has 0 spiro atoms. The van der Waals surface area contributed by atoms with Crippen molar-refractivity contribution in [1.29, 1.82) is 0 Å². The zero-order valence-corrected chi connectivity index (χ0v) is 22.3. The Balaban J connectivity index is 1.49. The first-order valence-electron chi connectivity index (χ1n) is 10.9. The van der Waals surface area contributed by atoms with E-state index in [1.807, 2.05) is 0 Å². The van der Waals surface area contributed by atoms with Crippen LogP contribution in [0.5, 0.6) is 0 Å². The molecule has 4 N–H and O–H groups in total. The fourth-order valence-electron chi connectivity index (χ4n) is 3.43. The van der Waals surface area contributed by atoms with Gasteiger partial charge >= 0.3 is 11.9 Å². The number of carboxylic acid groups (broad SMARTS) is 1. The van der Waals surface area contributed by atoms with Gasteiger partial charge in [0.1, 0.15) is 22.8 Å². The number of aromatic nitrogens is 5. The Bertz CT molecular complexity index is 1330. The van der Waals surface area contributed by atoms with Gasteiger partial charge in [0, 0.05) is 16.9 Å². The van der Waals surface area contributed by atoms with Gasteiger partial charge in [0.05, 0.1) is 6.61 Å². The SMILES string of the molecule is CCOC(=O)CO/N=C(\C(=O)NC1C(=O)N2C(C(=O)O)=C(CSc3nn[nH]n3)CS[C@H]12)c1csc(NC=O)n1. The predicted octanol–water partition coefficient (Wildman–Crippen LogP) is -0.961. The average molecular weight is 598 g/mol. The maximum atomic E-state index is 13.2. The molecule has 2 aliphatic heterocycles. The number of aliphatic carboxylic acids is 1. The number of hydrogen-bond acceptors (Lipinski definition) is 15. The number of amides is 3. The van der Waals surface area contributed by atoms with Crippen molar-refractivity contribution in [2.24, 2.45) is 5.16 Å². The van der Waals surface area contributed by atoms with E-state index in [0.29, 0.717) is 17.1 Å². The van der Waals surface area contributed by atoms with Crippen LogP contribution in [0.2, 0.25) is 0 Å². The van der Waals surface area contributed by atoms with Gasteiger partial charge in [0.2, 0.25) is 18.2 Å². The molecule has 2 atom stereocenters. The number of fused-ring (bicyclic) bond motifs is 1. The number of H-pyrrole nitrogens is 1. The Morgan fingerprint density at radius 1 is 1.41 bits per heavy atom. The van der Waals surface area contributed by atoms with Crippen LogP contribution in [0, 0.1) is 0 Å². The van der Waals surface area contributed by atoms with Crippen molar-refractivity contribution in [1.82, 2.24) is 35.8 Å². The minimum atomic E-state index is -1.28. The minimum Gasteiger partial charge on any atom is -0.477 e. The highest BCUT2D eigenvalue weighted by Gasteiger charge is 2.54. The summed E-state index contributed by atoms with van der Waals surface area (Å²) in [6.45, 7) is 1.15. The molecule has 4 rings (SSSR count). The molecule has 3 amide bonds. The second-order valence-corrected chi connectivity index (χ2v) is 10.3. The number of thioether (sulfide) groups is 2. The highest BCUT2D eigenvalue weighted by Crippen LogP contribution is 2.41. The minimum absolute atomic E-state index is 0.0116. The third-order valence-electron chi connectivity index (χ3n) is 5.03. The fraction of sp³-hybridized carbons (Fsp3) is 0.368. The van der Waals surface area contributed by atoms with Crippen LogP contribution in [-0.2, 0) is 33.5 Å². The highest BCUT2D eigenvalue weighted by molar-refractivity contribution is 8.01. The Hall–Kier alpha value is -4.04. The zero-order valence-electron chi connectivity index (χ0n) is 19.9. The van der Waals surface area contributed by atoms with Crippen molar-refractivity contribution in [2.75, 3.05) is 30.0 Å². The molecule has 1 unspecified atom stereocenters. The summed E-state index contributed by atoms with van der Waals surface area (Å²) < 4.78 is 4.75. The van der Waals surface area contributed by atoms with Crippen LogP contribution in [0.15, 0.2) is 27.0 Å². The zero-order chi connectivity index (χ0) is 27.9. The maximum absolute atomic E-state index is 13.2. The Morgan fingerprint density at radius 2 is 2.23 bits per heavy atom. The second-order valence-electron chi connectivity index (χ2n) is 7.42. The Morgan fingerprint density at radius 3 is 2.92 bits per heavy atom. The van der Waals surface area contributed by atoms with Crippen LogP contribution in [0.25, 0.3) is 0 Å². The molecule has 2 aromatic rings.